The minimum Gasteiger partial charge on any atom is -0.460 e. The van der Waals surface area contributed by atoms with E-state index in [1.807, 2.05) is 64.0 Å². The van der Waals surface area contributed by atoms with E-state index in [0.717, 1.165) is 23.6 Å². The molecule has 0 spiro atoms. The van der Waals surface area contributed by atoms with E-state index in [9.17, 15) is 4.79 Å². The molecular weight excluding hydrogens is 340 g/mol. The van der Waals surface area contributed by atoms with E-state index in [0.29, 0.717) is 23.7 Å². The van der Waals surface area contributed by atoms with E-state index in [1.54, 1.807) is 10.7 Å². The molecule has 2 aromatic heterocycles. The maximum absolute atomic E-state index is 12.8. The fourth-order valence-electron chi connectivity index (χ4n) is 2.95. The summed E-state index contributed by atoms with van der Waals surface area (Å²) in [6.07, 6.45) is 0. The van der Waals surface area contributed by atoms with Crippen LogP contribution >= 0.6 is 0 Å². The van der Waals surface area contributed by atoms with E-state index in [2.05, 4.69) is 16.5 Å². The van der Waals surface area contributed by atoms with E-state index in [1.165, 1.54) is 5.56 Å². The highest BCUT2D eigenvalue weighted by atomic mass is 16.3. The lowest BCUT2D eigenvalue weighted by atomic mass is 10.1. The molecule has 1 N–H and O–H groups in total. The van der Waals surface area contributed by atoms with Crippen molar-refractivity contribution in [2.75, 3.05) is 27.2 Å². The zero-order valence-electron chi connectivity index (χ0n) is 16.5. The standard InChI is InChI=1S/C21H26N4O2/c1-14-6-8-18(15(2)12-14)25-19(21(26)22-10-11-24(4)5)13-17(23-25)20-9-7-16(3)27-20/h6-9,12-13H,10-11H2,1-5H3,(H,22,26). The van der Waals surface area contributed by atoms with Crippen molar-refractivity contribution in [2.45, 2.75) is 20.8 Å². The van der Waals surface area contributed by atoms with Gasteiger partial charge in [0.2, 0.25) is 0 Å². The Hall–Kier alpha value is -2.86. The highest BCUT2D eigenvalue weighted by Gasteiger charge is 2.20. The summed E-state index contributed by atoms with van der Waals surface area (Å²) in [5.41, 5.74) is 4.24. The molecule has 1 aromatic carbocycles. The van der Waals surface area contributed by atoms with Crippen LogP contribution < -0.4 is 5.32 Å². The monoisotopic (exact) mass is 366 g/mol. The third-order valence-electron chi connectivity index (χ3n) is 4.36. The van der Waals surface area contributed by atoms with Crippen molar-refractivity contribution in [2.24, 2.45) is 0 Å². The first-order chi connectivity index (χ1) is 12.8. The molecule has 3 rings (SSSR count). The van der Waals surface area contributed by atoms with Crippen molar-refractivity contribution in [3.05, 3.63) is 59.0 Å². The number of amides is 1. The van der Waals surface area contributed by atoms with Crippen LogP contribution in [0.1, 0.15) is 27.4 Å². The molecule has 1 amide bonds. The Morgan fingerprint density at radius 1 is 1.15 bits per heavy atom. The van der Waals surface area contributed by atoms with Crippen molar-refractivity contribution in [1.82, 2.24) is 20.0 Å². The second-order valence-electron chi connectivity index (χ2n) is 7.09. The molecule has 27 heavy (non-hydrogen) atoms. The molecule has 0 saturated carbocycles. The summed E-state index contributed by atoms with van der Waals surface area (Å²) in [6.45, 7) is 7.30. The van der Waals surface area contributed by atoms with E-state index >= 15 is 0 Å². The second-order valence-corrected chi connectivity index (χ2v) is 7.09. The van der Waals surface area contributed by atoms with Crippen molar-refractivity contribution in [1.29, 1.82) is 0 Å². The van der Waals surface area contributed by atoms with Crippen LogP contribution in [0.2, 0.25) is 0 Å². The van der Waals surface area contributed by atoms with Gasteiger partial charge in [0.15, 0.2) is 5.76 Å². The molecule has 6 heteroatoms. The van der Waals surface area contributed by atoms with Gasteiger partial charge in [0.05, 0.1) is 5.69 Å². The number of benzene rings is 1. The number of likely N-dealkylation sites (N-methyl/N-ethyl adjacent to an activating group) is 1. The number of carbonyl (C=O) groups excluding carboxylic acids is 1. The number of furan rings is 1. The molecule has 0 aliphatic heterocycles. The molecule has 0 bridgehead atoms. The van der Waals surface area contributed by atoms with Crippen LogP contribution in [-0.2, 0) is 0 Å². The normalized spacial score (nSPS) is 11.2. The molecule has 0 unspecified atom stereocenters. The minimum atomic E-state index is -0.154. The van der Waals surface area contributed by atoms with Gasteiger partial charge < -0.3 is 14.6 Å². The zero-order chi connectivity index (χ0) is 19.6. The molecule has 0 radical (unpaired) electrons. The molecule has 142 valence electrons. The first-order valence-electron chi connectivity index (χ1n) is 9.02. The smallest absolute Gasteiger partial charge is 0.270 e. The highest BCUT2D eigenvalue weighted by molar-refractivity contribution is 5.94. The fraction of sp³-hybridized carbons (Fsp3) is 0.333. The van der Waals surface area contributed by atoms with Crippen LogP contribution in [0.5, 0.6) is 0 Å². The first kappa shape index (κ1) is 18.9. The number of nitrogens with zero attached hydrogens (tertiary/aromatic N) is 3. The van der Waals surface area contributed by atoms with Crippen LogP contribution in [-0.4, -0.2) is 47.8 Å². The Labute approximate surface area is 159 Å². The van der Waals surface area contributed by atoms with Crippen LogP contribution in [0.25, 0.3) is 17.1 Å². The number of rotatable bonds is 6. The van der Waals surface area contributed by atoms with E-state index in [4.69, 9.17) is 4.42 Å². The van der Waals surface area contributed by atoms with E-state index in [-0.39, 0.29) is 5.91 Å². The van der Waals surface area contributed by atoms with Gasteiger partial charge in [0.1, 0.15) is 17.1 Å². The van der Waals surface area contributed by atoms with Gasteiger partial charge in [-0.1, -0.05) is 17.7 Å². The Morgan fingerprint density at radius 3 is 2.56 bits per heavy atom. The van der Waals surface area contributed by atoms with Gasteiger partial charge in [0.25, 0.3) is 5.91 Å². The largest absolute Gasteiger partial charge is 0.460 e. The van der Waals surface area contributed by atoms with Gasteiger partial charge in [-0.15, -0.1) is 0 Å². The summed E-state index contributed by atoms with van der Waals surface area (Å²) in [4.78, 5) is 14.9. The molecular formula is C21H26N4O2. The summed E-state index contributed by atoms with van der Waals surface area (Å²) in [5, 5.41) is 7.64. The lowest BCUT2D eigenvalue weighted by Crippen LogP contribution is -2.32. The van der Waals surface area contributed by atoms with E-state index < -0.39 is 0 Å². The summed E-state index contributed by atoms with van der Waals surface area (Å²) in [6, 6.07) is 11.6. The van der Waals surface area contributed by atoms with Gasteiger partial charge in [-0.05, 0) is 58.6 Å². The average molecular weight is 366 g/mol. The minimum absolute atomic E-state index is 0.154. The molecule has 2 heterocycles. The predicted molar refractivity (Wildman–Crippen MR) is 106 cm³/mol. The second kappa shape index (κ2) is 7.80. The number of nitrogens with one attached hydrogen (secondary N) is 1. The summed E-state index contributed by atoms with van der Waals surface area (Å²) < 4.78 is 7.40. The Morgan fingerprint density at radius 2 is 1.93 bits per heavy atom. The third-order valence-corrected chi connectivity index (χ3v) is 4.36. The molecule has 0 aliphatic carbocycles. The van der Waals surface area contributed by atoms with Crippen molar-refractivity contribution in [3.63, 3.8) is 0 Å². The maximum Gasteiger partial charge on any atom is 0.270 e. The van der Waals surface area contributed by atoms with Crippen LogP contribution in [0.3, 0.4) is 0 Å². The van der Waals surface area contributed by atoms with Gasteiger partial charge in [0, 0.05) is 19.2 Å². The van der Waals surface area contributed by atoms with Gasteiger partial charge in [-0.25, -0.2) is 4.68 Å². The Kier molecular flexibility index (Phi) is 5.46. The SMILES string of the molecule is Cc1ccc(-n2nc(-c3ccc(C)o3)cc2C(=O)NCCN(C)C)c(C)c1. The lowest BCUT2D eigenvalue weighted by molar-refractivity contribution is 0.0943. The molecule has 0 saturated heterocycles. The third kappa shape index (κ3) is 4.28. The number of hydrogen-bond donors (Lipinski definition) is 1. The van der Waals surface area contributed by atoms with Crippen LogP contribution in [0, 0.1) is 20.8 Å². The molecule has 6 nitrogen and oxygen atoms in total. The fourth-order valence-corrected chi connectivity index (χ4v) is 2.95. The predicted octanol–water partition coefficient (Wildman–Crippen LogP) is 3.35. The molecule has 0 atom stereocenters. The zero-order valence-corrected chi connectivity index (χ0v) is 16.5. The summed E-state index contributed by atoms with van der Waals surface area (Å²) in [5.74, 6) is 1.31. The molecule has 0 aliphatic rings. The highest BCUT2D eigenvalue weighted by Crippen LogP contribution is 2.25. The molecule has 0 fully saturated rings. The quantitative estimate of drug-likeness (QED) is 0.727. The summed E-state index contributed by atoms with van der Waals surface area (Å²) in [7, 11) is 3.95. The number of hydrogen-bond acceptors (Lipinski definition) is 4. The topological polar surface area (TPSA) is 63.3 Å². The average Bonchev–Trinajstić information content (AvgIpc) is 3.21. The maximum atomic E-state index is 12.8. The van der Waals surface area contributed by atoms with Crippen LogP contribution in [0.15, 0.2) is 40.8 Å². The lowest BCUT2D eigenvalue weighted by Gasteiger charge is -2.13. The number of carbonyl (C=O) groups is 1. The van der Waals surface area contributed by atoms with Gasteiger partial charge in [-0.3, -0.25) is 4.79 Å². The van der Waals surface area contributed by atoms with Gasteiger partial charge in [-0.2, -0.15) is 5.10 Å². The molecule has 3 aromatic rings. The van der Waals surface area contributed by atoms with Crippen molar-refractivity contribution in [3.8, 4) is 17.1 Å². The number of aromatic nitrogens is 2. The van der Waals surface area contributed by atoms with Crippen molar-refractivity contribution >= 4 is 5.91 Å². The summed E-state index contributed by atoms with van der Waals surface area (Å²) >= 11 is 0. The van der Waals surface area contributed by atoms with Gasteiger partial charge >= 0.3 is 0 Å². The number of aryl methyl sites for hydroxylation is 3. The first-order valence-corrected chi connectivity index (χ1v) is 9.02. The van der Waals surface area contributed by atoms with Crippen molar-refractivity contribution < 1.29 is 9.21 Å². The Balaban J connectivity index is 2.01. The van der Waals surface area contributed by atoms with Crippen LogP contribution in [0.4, 0.5) is 0 Å². The Bertz CT molecular complexity index is 953.